The Bertz CT molecular complexity index is 1020. The van der Waals surface area contributed by atoms with Gasteiger partial charge in [-0.25, -0.2) is 4.98 Å². The third-order valence-electron chi connectivity index (χ3n) is 3.99. The van der Waals surface area contributed by atoms with Crippen LogP contribution in [0.3, 0.4) is 0 Å². The monoisotopic (exact) mass is 401 g/mol. The molecular weight excluding hydrogens is 383 g/mol. The molecule has 0 aliphatic rings. The number of aromatic nitrogens is 2. The topological polar surface area (TPSA) is 64.1 Å². The van der Waals surface area contributed by atoms with E-state index in [1.165, 1.54) is 24.4 Å². The van der Waals surface area contributed by atoms with Crippen LogP contribution in [0, 0.1) is 0 Å². The highest BCUT2D eigenvalue weighted by Gasteiger charge is 2.28. The van der Waals surface area contributed by atoms with Crippen molar-refractivity contribution in [3.63, 3.8) is 0 Å². The molecule has 2 aromatic heterocycles. The van der Waals surface area contributed by atoms with Gasteiger partial charge in [-0.15, -0.1) is 0 Å². The fraction of sp³-hybridized carbons (Fsp3) is 0.190. The number of alkyl halides is 3. The SMILES string of the molecule is CC(NC(=O)/C=C/c1ccc2ccccc2n1)c1ccc(OCC(F)(F)F)cn1. The molecule has 0 saturated carbocycles. The molecule has 0 aliphatic heterocycles. The molecule has 2 heterocycles. The van der Waals surface area contributed by atoms with E-state index in [4.69, 9.17) is 0 Å². The van der Waals surface area contributed by atoms with Crippen molar-refractivity contribution in [3.05, 3.63) is 72.2 Å². The fourth-order valence-electron chi connectivity index (χ4n) is 2.57. The number of fused-ring (bicyclic) bond motifs is 1. The molecule has 5 nitrogen and oxygen atoms in total. The first-order valence-electron chi connectivity index (χ1n) is 8.80. The number of pyridine rings is 2. The van der Waals surface area contributed by atoms with Crippen LogP contribution in [0.15, 0.2) is 60.8 Å². The van der Waals surface area contributed by atoms with Crippen molar-refractivity contribution >= 4 is 22.9 Å². The Morgan fingerprint density at radius 3 is 2.69 bits per heavy atom. The van der Waals surface area contributed by atoms with Gasteiger partial charge in [-0.3, -0.25) is 9.78 Å². The molecule has 3 aromatic rings. The predicted octanol–water partition coefficient (Wildman–Crippen LogP) is 4.46. The van der Waals surface area contributed by atoms with Crippen LogP contribution in [0.1, 0.15) is 24.4 Å². The smallest absolute Gasteiger partial charge is 0.422 e. The van der Waals surface area contributed by atoms with Gasteiger partial charge in [0, 0.05) is 11.5 Å². The summed E-state index contributed by atoms with van der Waals surface area (Å²) in [5.41, 5.74) is 1.98. The first-order valence-corrected chi connectivity index (χ1v) is 8.80. The van der Waals surface area contributed by atoms with Crippen LogP contribution in [-0.4, -0.2) is 28.7 Å². The average Bonchev–Trinajstić information content (AvgIpc) is 2.70. The lowest BCUT2D eigenvalue weighted by Crippen LogP contribution is -2.25. The highest BCUT2D eigenvalue weighted by molar-refractivity contribution is 5.92. The second kappa shape index (κ2) is 8.72. The Morgan fingerprint density at radius 2 is 1.97 bits per heavy atom. The number of nitrogens with one attached hydrogen (secondary N) is 1. The van der Waals surface area contributed by atoms with Gasteiger partial charge in [0.1, 0.15) is 5.75 Å². The van der Waals surface area contributed by atoms with E-state index in [0.717, 1.165) is 10.9 Å². The van der Waals surface area contributed by atoms with Crippen molar-refractivity contribution in [3.8, 4) is 5.75 Å². The Labute approximate surface area is 165 Å². The van der Waals surface area contributed by atoms with Crippen molar-refractivity contribution in [2.75, 3.05) is 6.61 Å². The summed E-state index contributed by atoms with van der Waals surface area (Å²) in [4.78, 5) is 20.6. The van der Waals surface area contributed by atoms with Gasteiger partial charge < -0.3 is 10.1 Å². The summed E-state index contributed by atoms with van der Waals surface area (Å²) in [5.74, 6) is -0.335. The largest absolute Gasteiger partial charge is 0.483 e. The molecule has 1 atom stereocenters. The fourth-order valence-corrected chi connectivity index (χ4v) is 2.57. The lowest BCUT2D eigenvalue weighted by atomic mass is 10.2. The minimum atomic E-state index is -4.41. The van der Waals surface area contributed by atoms with Crippen molar-refractivity contribution in [2.45, 2.75) is 19.1 Å². The van der Waals surface area contributed by atoms with Crippen LogP contribution in [0.25, 0.3) is 17.0 Å². The van der Waals surface area contributed by atoms with Crippen LogP contribution in [-0.2, 0) is 4.79 Å². The Kier molecular flexibility index (Phi) is 6.11. The Morgan fingerprint density at radius 1 is 1.17 bits per heavy atom. The van der Waals surface area contributed by atoms with E-state index >= 15 is 0 Å². The van der Waals surface area contributed by atoms with Crippen LogP contribution in [0.2, 0.25) is 0 Å². The number of hydrogen-bond acceptors (Lipinski definition) is 4. The number of carbonyl (C=O) groups excluding carboxylic acids is 1. The zero-order valence-corrected chi connectivity index (χ0v) is 15.5. The maximum atomic E-state index is 12.2. The molecule has 1 N–H and O–H groups in total. The molecule has 1 unspecified atom stereocenters. The Hall–Kier alpha value is -3.42. The summed E-state index contributed by atoms with van der Waals surface area (Å²) in [6.45, 7) is 0.340. The molecule has 8 heteroatoms. The quantitative estimate of drug-likeness (QED) is 0.620. The van der Waals surface area contributed by atoms with Crippen molar-refractivity contribution in [2.24, 2.45) is 0 Å². The van der Waals surface area contributed by atoms with Gasteiger partial charge in [0.25, 0.3) is 0 Å². The van der Waals surface area contributed by atoms with Gasteiger partial charge in [-0.1, -0.05) is 24.3 Å². The third-order valence-corrected chi connectivity index (χ3v) is 3.99. The van der Waals surface area contributed by atoms with Crippen molar-refractivity contribution in [1.82, 2.24) is 15.3 Å². The Balaban J connectivity index is 1.57. The van der Waals surface area contributed by atoms with E-state index < -0.39 is 18.8 Å². The van der Waals surface area contributed by atoms with Crippen LogP contribution in [0.4, 0.5) is 13.2 Å². The van der Waals surface area contributed by atoms with Gasteiger partial charge in [-0.2, -0.15) is 13.2 Å². The van der Waals surface area contributed by atoms with Crippen LogP contribution >= 0.6 is 0 Å². The van der Waals surface area contributed by atoms with Gasteiger partial charge in [0.05, 0.1) is 29.1 Å². The molecule has 3 rings (SSSR count). The molecule has 0 saturated heterocycles. The van der Waals surface area contributed by atoms with Crippen LogP contribution < -0.4 is 10.1 Å². The van der Waals surface area contributed by atoms with Crippen LogP contribution in [0.5, 0.6) is 5.75 Å². The van der Waals surface area contributed by atoms with Gasteiger partial charge in [-0.05, 0) is 37.3 Å². The standard InChI is InChI=1S/C21H18F3N3O2/c1-14(18-10-9-17(12-25-18)29-13-21(22,23)24)26-20(28)11-8-16-7-6-15-4-2-3-5-19(15)27-16/h2-12,14H,13H2,1H3,(H,26,28)/b11-8+. The summed E-state index contributed by atoms with van der Waals surface area (Å²) in [5, 5.41) is 3.75. The molecule has 1 aromatic carbocycles. The highest BCUT2D eigenvalue weighted by Crippen LogP contribution is 2.19. The van der Waals surface area contributed by atoms with E-state index in [0.29, 0.717) is 11.4 Å². The molecule has 1 amide bonds. The zero-order valence-electron chi connectivity index (χ0n) is 15.5. The first kappa shape index (κ1) is 20.3. The number of para-hydroxylation sites is 1. The summed E-state index contributed by atoms with van der Waals surface area (Å²) in [7, 11) is 0. The minimum absolute atomic E-state index is 0.00637. The molecule has 0 aliphatic carbocycles. The van der Waals surface area contributed by atoms with Gasteiger partial charge in [0.2, 0.25) is 5.91 Å². The lowest BCUT2D eigenvalue weighted by molar-refractivity contribution is -0.153. The predicted molar refractivity (Wildman–Crippen MR) is 103 cm³/mol. The molecule has 0 bridgehead atoms. The van der Waals surface area contributed by atoms with Gasteiger partial charge in [0.15, 0.2) is 6.61 Å². The third kappa shape index (κ3) is 6.03. The van der Waals surface area contributed by atoms with E-state index in [2.05, 4.69) is 20.0 Å². The summed E-state index contributed by atoms with van der Waals surface area (Å²) in [6, 6.07) is 13.9. The molecular formula is C21H18F3N3O2. The second-order valence-corrected chi connectivity index (χ2v) is 6.32. The number of hydrogen-bond donors (Lipinski definition) is 1. The summed E-state index contributed by atoms with van der Waals surface area (Å²) < 4.78 is 41.1. The summed E-state index contributed by atoms with van der Waals surface area (Å²) in [6.07, 6.45) is -0.241. The number of rotatable bonds is 6. The van der Waals surface area contributed by atoms with Crippen molar-refractivity contribution in [1.29, 1.82) is 0 Å². The van der Waals surface area contributed by atoms with Gasteiger partial charge >= 0.3 is 6.18 Å². The maximum absolute atomic E-state index is 12.2. The number of benzene rings is 1. The number of amides is 1. The first-order chi connectivity index (χ1) is 13.8. The molecule has 150 valence electrons. The van der Waals surface area contributed by atoms with E-state index in [1.807, 2.05) is 36.4 Å². The number of nitrogens with zero attached hydrogens (tertiary/aromatic N) is 2. The number of ether oxygens (including phenoxy) is 1. The van der Waals surface area contributed by atoms with E-state index in [1.54, 1.807) is 13.0 Å². The number of halogens is 3. The van der Waals surface area contributed by atoms with Crippen molar-refractivity contribution < 1.29 is 22.7 Å². The molecule has 0 radical (unpaired) electrons. The minimum Gasteiger partial charge on any atom is -0.483 e. The summed E-state index contributed by atoms with van der Waals surface area (Å²) >= 11 is 0. The zero-order chi connectivity index (χ0) is 20.9. The molecule has 29 heavy (non-hydrogen) atoms. The normalized spacial score (nSPS) is 12.8. The highest BCUT2D eigenvalue weighted by atomic mass is 19.4. The molecule has 0 fully saturated rings. The lowest BCUT2D eigenvalue weighted by Gasteiger charge is -2.13. The maximum Gasteiger partial charge on any atom is 0.422 e. The number of carbonyl (C=O) groups is 1. The second-order valence-electron chi connectivity index (χ2n) is 6.32. The van der Waals surface area contributed by atoms with E-state index in [9.17, 15) is 18.0 Å². The molecule has 0 spiro atoms. The van der Waals surface area contributed by atoms with E-state index in [-0.39, 0.29) is 11.7 Å². The average molecular weight is 401 g/mol.